The summed E-state index contributed by atoms with van der Waals surface area (Å²) in [6.45, 7) is 0. The highest BCUT2D eigenvalue weighted by molar-refractivity contribution is 9.09. The number of rotatable bonds is 2. The zero-order chi connectivity index (χ0) is 11.8. The zero-order valence-corrected chi connectivity index (χ0v) is 12.1. The van der Waals surface area contributed by atoms with Crippen LogP contribution < -0.4 is 4.74 Å². The SMILES string of the molecule is Clc1ccsc1C(Br)C1Cc2ccccc2O1. The van der Waals surface area contributed by atoms with E-state index in [1.807, 2.05) is 29.6 Å². The average Bonchev–Trinajstić information content (AvgIpc) is 2.93. The van der Waals surface area contributed by atoms with E-state index >= 15 is 0 Å². The van der Waals surface area contributed by atoms with E-state index in [-0.39, 0.29) is 10.9 Å². The van der Waals surface area contributed by atoms with E-state index in [0.29, 0.717) is 0 Å². The van der Waals surface area contributed by atoms with Gasteiger partial charge in [0.2, 0.25) is 0 Å². The number of hydrogen-bond donors (Lipinski definition) is 0. The van der Waals surface area contributed by atoms with Crippen molar-refractivity contribution in [3.63, 3.8) is 0 Å². The van der Waals surface area contributed by atoms with Gasteiger partial charge in [-0.1, -0.05) is 45.7 Å². The van der Waals surface area contributed by atoms with Crippen molar-refractivity contribution < 1.29 is 4.74 Å². The number of alkyl halides is 1. The molecular formula is C13H10BrClOS. The number of hydrogen-bond acceptors (Lipinski definition) is 2. The van der Waals surface area contributed by atoms with Gasteiger partial charge < -0.3 is 4.74 Å². The molecule has 1 aromatic heterocycles. The molecule has 1 nitrogen and oxygen atoms in total. The van der Waals surface area contributed by atoms with E-state index in [1.165, 1.54) is 5.56 Å². The van der Waals surface area contributed by atoms with Gasteiger partial charge in [-0.2, -0.15) is 0 Å². The number of ether oxygens (including phenoxy) is 1. The van der Waals surface area contributed by atoms with Gasteiger partial charge in [0.25, 0.3) is 0 Å². The van der Waals surface area contributed by atoms with Crippen molar-refractivity contribution in [1.29, 1.82) is 0 Å². The van der Waals surface area contributed by atoms with E-state index in [2.05, 4.69) is 22.0 Å². The van der Waals surface area contributed by atoms with Crippen LogP contribution in [0.3, 0.4) is 0 Å². The molecule has 88 valence electrons. The normalized spacial score (nSPS) is 19.8. The first kappa shape index (κ1) is 11.6. The second kappa shape index (κ2) is 4.63. The van der Waals surface area contributed by atoms with Crippen molar-refractivity contribution in [3.8, 4) is 5.75 Å². The van der Waals surface area contributed by atoms with Gasteiger partial charge in [0.1, 0.15) is 11.9 Å². The number of para-hydroxylation sites is 1. The van der Waals surface area contributed by atoms with Crippen LogP contribution >= 0.6 is 38.9 Å². The lowest BCUT2D eigenvalue weighted by molar-refractivity contribution is 0.233. The summed E-state index contributed by atoms with van der Waals surface area (Å²) < 4.78 is 5.95. The van der Waals surface area contributed by atoms with E-state index in [0.717, 1.165) is 22.1 Å². The van der Waals surface area contributed by atoms with Crippen LogP contribution in [0.15, 0.2) is 35.7 Å². The molecule has 0 spiro atoms. The Morgan fingerprint density at radius 3 is 2.88 bits per heavy atom. The van der Waals surface area contributed by atoms with Gasteiger partial charge >= 0.3 is 0 Å². The van der Waals surface area contributed by atoms with Crippen molar-refractivity contribution >= 4 is 38.9 Å². The predicted molar refractivity (Wildman–Crippen MR) is 75.6 cm³/mol. The number of benzene rings is 1. The minimum Gasteiger partial charge on any atom is -0.488 e. The summed E-state index contributed by atoms with van der Waals surface area (Å²) in [5.41, 5.74) is 1.27. The quantitative estimate of drug-likeness (QED) is 0.716. The summed E-state index contributed by atoms with van der Waals surface area (Å²) in [6.07, 6.45) is 1.06. The molecule has 2 heterocycles. The molecule has 4 heteroatoms. The van der Waals surface area contributed by atoms with Crippen molar-refractivity contribution in [1.82, 2.24) is 0 Å². The molecular weight excluding hydrogens is 320 g/mol. The van der Waals surface area contributed by atoms with Gasteiger partial charge in [0.05, 0.1) is 9.85 Å². The molecule has 0 amide bonds. The standard InChI is InChI=1S/C13H10BrClOS/c14-12(13-9(15)5-6-17-13)11-7-8-3-1-2-4-10(8)16-11/h1-6,11-12H,7H2. The Hall–Kier alpha value is -0.510. The molecule has 2 atom stereocenters. The molecule has 2 aromatic rings. The molecule has 1 aromatic carbocycles. The fraction of sp³-hybridized carbons (Fsp3) is 0.231. The molecule has 1 aliphatic heterocycles. The number of fused-ring (bicyclic) bond motifs is 1. The predicted octanol–water partition coefficient (Wildman–Crippen LogP) is 4.84. The summed E-state index contributed by atoms with van der Waals surface area (Å²) >= 11 is 11.5. The maximum atomic E-state index is 6.15. The Bertz CT molecular complexity index is 515. The van der Waals surface area contributed by atoms with Gasteiger partial charge in [-0.15, -0.1) is 11.3 Å². The van der Waals surface area contributed by atoms with Crippen LogP contribution in [0.4, 0.5) is 0 Å². The van der Waals surface area contributed by atoms with E-state index in [9.17, 15) is 0 Å². The molecule has 17 heavy (non-hydrogen) atoms. The lowest BCUT2D eigenvalue weighted by Gasteiger charge is -2.16. The fourth-order valence-corrected chi connectivity index (χ4v) is 4.24. The molecule has 0 saturated carbocycles. The molecule has 0 radical (unpaired) electrons. The molecule has 0 N–H and O–H groups in total. The fourth-order valence-electron chi connectivity index (χ4n) is 2.04. The van der Waals surface area contributed by atoms with Crippen LogP contribution in [-0.2, 0) is 6.42 Å². The summed E-state index contributed by atoms with van der Waals surface area (Å²) in [5.74, 6) is 0.995. The molecule has 0 fully saturated rings. The van der Waals surface area contributed by atoms with E-state index in [4.69, 9.17) is 16.3 Å². The van der Waals surface area contributed by atoms with Gasteiger partial charge in [-0.3, -0.25) is 0 Å². The van der Waals surface area contributed by atoms with Gasteiger partial charge in [0, 0.05) is 11.3 Å². The highest BCUT2D eigenvalue weighted by Crippen LogP contribution is 2.42. The Morgan fingerprint density at radius 2 is 2.18 bits per heavy atom. The lowest BCUT2D eigenvalue weighted by Crippen LogP contribution is -2.18. The Morgan fingerprint density at radius 1 is 1.35 bits per heavy atom. The van der Waals surface area contributed by atoms with Crippen LogP contribution in [0.25, 0.3) is 0 Å². The van der Waals surface area contributed by atoms with Crippen LogP contribution in [0.5, 0.6) is 5.75 Å². The topological polar surface area (TPSA) is 9.23 Å². The maximum absolute atomic E-state index is 6.15. The second-order valence-corrected chi connectivity index (χ2v) is 6.34. The third-order valence-electron chi connectivity index (χ3n) is 2.89. The minimum atomic E-state index is 0.128. The first-order valence-corrected chi connectivity index (χ1v) is 7.54. The van der Waals surface area contributed by atoms with Crippen LogP contribution in [0, 0.1) is 0 Å². The average molecular weight is 330 g/mol. The summed E-state index contributed by atoms with van der Waals surface area (Å²) in [4.78, 5) is 1.30. The van der Waals surface area contributed by atoms with E-state index < -0.39 is 0 Å². The first-order valence-electron chi connectivity index (χ1n) is 5.37. The Labute approximate surface area is 118 Å². The largest absolute Gasteiger partial charge is 0.488 e. The maximum Gasteiger partial charge on any atom is 0.123 e. The summed E-state index contributed by atoms with van der Waals surface area (Å²) in [7, 11) is 0. The third-order valence-corrected chi connectivity index (χ3v) is 5.69. The smallest absolute Gasteiger partial charge is 0.123 e. The van der Waals surface area contributed by atoms with Crippen molar-refractivity contribution in [2.45, 2.75) is 17.4 Å². The van der Waals surface area contributed by atoms with Gasteiger partial charge in [-0.05, 0) is 23.1 Å². The van der Waals surface area contributed by atoms with Crippen molar-refractivity contribution in [2.24, 2.45) is 0 Å². The molecule has 1 aliphatic rings. The van der Waals surface area contributed by atoms with Gasteiger partial charge in [-0.25, -0.2) is 0 Å². The summed E-state index contributed by atoms with van der Waals surface area (Å²) in [6, 6.07) is 10.1. The molecule has 2 unspecified atom stereocenters. The lowest BCUT2D eigenvalue weighted by atomic mass is 10.1. The molecule has 0 saturated heterocycles. The van der Waals surface area contributed by atoms with Crippen LogP contribution in [-0.4, -0.2) is 6.10 Å². The van der Waals surface area contributed by atoms with Crippen molar-refractivity contribution in [2.75, 3.05) is 0 Å². The number of thiophene rings is 1. The molecule has 0 bridgehead atoms. The van der Waals surface area contributed by atoms with Gasteiger partial charge in [0.15, 0.2) is 0 Å². The minimum absolute atomic E-state index is 0.128. The van der Waals surface area contributed by atoms with Crippen LogP contribution in [0.2, 0.25) is 5.02 Å². The second-order valence-electron chi connectivity index (χ2n) is 4.00. The Kier molecular flexibility index (Phi) is 3.16. The zero-order valence-electron chi connectivity index (χ0n) is 8.90. The van der Waals surface area contributed by atoms with Crippen molar-refractivity contribution in [3.05, 3.63) is 51.2 Å². The van der Waals surface area contributed by atoms with E-state index in [1.54, 1.807) is 11.3 Å². The highest BCUT2D eigenvalue weighted by atomic mass is 79.9. The molecule has 0 aliphatic carbocycles. The monoisotopic (exact) mass is 328 g/mol. The molecule has 3 rings (SSSR count). The first-order chi connectivity index (χ1) is 8.25. The Balaban J connectivity index is 1.83. The summed E-state index contributed by atoms with van der Waals surface area (Å²) in [5, 5.41) is 2.82. The van der Waals surface area contributed by atoms with Crippen LogP contribution in [0.1, 0.15) is 15.3 Å². The number of halogens is 2. The highest BCUT2D eigenvalue weighted by Gasteiger charge is 2.31. The third kappa shape index (κ3) is 2.12.